The lowest BCUT2D eigenvalue weighted by atomic mass is 10.2. The van der Waals surface area contributed by atoms with Crippen molar-refractivity contribution in [2.75, 3.05) is 6.54 Å². The van der Waals surface area contributed by atoms with Gasteiger partial charge >= 0.3 is 18.2 Å². The minimum atomic E-state index is -1.05. The average Bonchev–Trinajstić information content (AvgIpc) is 2.21. The maximum absolute atomic E-state index is 11.7. The number of amides is 2. The number of carboxylic acid groups (broad SMARTS) is 1. The van der Waals surface area contributed by atoms with Crippen LogP contribution in [0.2, 0.25) is 0 Å². The first-order valence-electron chi connectivity index (χ1n) is 7.05. The first kappa shape index (κ1) is 20.7. The lowest BCUT2D eigenvalue weighted by Gasteiger charge is -2.22. The van der Waals surface area contributed by atoms with Crippen LogP contribution in [0.4, 0.5) is 9.59 Å². The fourth-order valence-electron chi connectivity index (χ4n) is 1.17. The van der Waals surface area contributed by atoms with Crippen molar-refractivity contribution in [3.63, 3.8) is 0 Å². The van der Waals surface area contributed by atoms with Crippen LogP contribution in [0.5, 0.6) is 0 Å². The molecule has 0 saturated carbocycles. The van der Waals surface area contributed by atoms with Gasteiger partial charge in [0.05, 0.1) is 13.0 Å². The number of aliphatic carboxylic acids is 1. The van der Waals surface area contributed by atoms with Crippen LogP contribution in [-0.2, 0) is 14.3 Å². The zero-order valence-electron chi connectivity index (χ0n) is 14.3. The molecule has 0 fully saturated rings. The summed E-state index contributed by atoms with van der Waals surface area (Å²) in [6.07, 6.45) is -1.92. The highest BCUT2D eigenvalue weighted by molar-refractivity contribution is 6.01. The quantitative estimate of drug-likeness (QED) is 0.535. The van der Waals surface area contributed by atoms with Crippen molar-refractivity contribution in [1.29, 1.82) is 0 Å². The summed E-state index contributed by atoms with van der Waals surface area (Å²) in [5, 5.41) is 13.1. The topological polar surface area (TPSA) is 126 Å². The summed E-state index contributed by atoms with van der Waals surface area (Å²) in [6, 6.07) is 0. The van der Waals surface area contributed by atoms with Gasteiger partial charge in [-0.25, -0.2) is 9.59 Å². The van der Waals surface area contributed by atoms with Crippen LogP contribution in [0.15, 0.2) is 4.99 Å². The van der Waals surface area contributed by atoms with Crippen molar-refractivity contribution in [2.45, 2.75) is 59.2 Å². The average molecular weight is 331 g/mol. The number of guanidine groups is 1. The molecule has 0 aliphatic carbocycles. The predicted octanol–water partition coefficient (Wildman–Crippen LogP) is 1.87. The van der Waals surface area contributed by atoms with E-state index < -0.39 is 29.4 Å². The van der Waals surface area contributed by atoms with Gasteiger partial charge in [-0.3, -0.25) is 20.4 Å². The van der Waals surface area contributed by atoms with Gasteiger partial charge in [0, 0.05) is 0 Å². The summed E-state index contributed by atoms with van der Waals surface area (Å²) in [7, 11) is 0. The van der Waals surface area contributed by atoms with Gasteiger partial charge in [-0.05, 0) is 41.5 Å². The van der Waals surface area contributed by atoms with E-state index in [-0.39, 0.29) is 18.9 Å². The van der Waals surface area contributed by atoms with E-state index in [1.807, 2.05) is 0 Å². The van der Waals surface area contributed by atoms with Crippen LogP contribution in [0.25, 0.3) is 0 Å². The van der Waals surface area contributed by atoms with Gasteiger partial charge in [0.1, 0.15) is 11.2 Å². The van der Waals surface area contributed by atoms with E-state index in [0.29, 0.717) is 0 Å². The Labute approximate surface area is 135 Å². The molecule has 0 spiro atoms. The lowest BCUT2D eigenvalue weighted by Crippen LogP contribution is -2.47. The van der Waals surface area contributed by atoms with Gasteiger partial charge in [-0.1, -0.05) is 0 Å². The smallest absolute Gasteiger partial charge is 0.414 e. The maximum atomic E-state index is 11.7. The Morgan fingerprint density at radius 1 is 0.913 bits per heavy atom. The van der Waals surface area contributed by atoms with Gasteiger partial charge < -0.3 is 14.6 Å². The fraction of sp³-hybridized carbons (Fsp3) is 0.714. The van der Waals surface area contributed by atoms with E-state index >= 15 is 0 Å². The number of alkyl carbamates (subject to hydrolysis) is 2. The molecule has 0 unspecified atom stereocenters. The van der Waals surface area contributed by atoms with Crippen LogP contribution in [-0.4, -0.2) is 47.0 Å². The SMILES string of the molecule is CC(C)(C)OC(=O)NC(=NCCC(=O)O)NC(=O)OC(C)(C)C. The van der Waals surface area contributed by atoms with Gasteiger partial charge in [-0.2, -0.15) is 0 Å². The van der Waals surface area contributed by atoms with E-state index in [0.717, 1.165) is 0 Å². The summed E-state index contributed by atoms with van der Waals surface area (Å²) in [5.41, 5.74) is -1.47. The highest BCUT2D eigenvalue weighted by atomic mass is 16.6. The molecular weight excluding hydrogens is 306 g/mol. The number of carbonyl (C=O) groups excluding carboxylic acids is 2. The highest BCUT2D eigenvalue weighted by Gasteiger charge is 2.21. The molecule has 0 atom stereocenters. The molecule has 0 saturated heterocycles. The van der Waals surface area contributed by atoms with E-state index in [1.165, 1.54) is 0 Å². The summed E-state index contributed by atoms with van der Waals surface area (Å²) in [5.74, 6) is -1.29. The third kappa shape index (κ3) is 13.1. The number of hydrogen-bond acceptors (Lipinski definition) is 6. The number of carbonyl (C=O) groups is 3. The molecule has 0 aromatic rings. The Kier molecular flexibility index (Phi) is 7.51. The third-order valence-corrected chi connectivity index (χ3v) is 1.83. The molecule has 0 radical (unpaired) electrons. The number of ether oxygens (including phenoxy) is 2. The monoisotopic (exact) mass is 331 g/mol. The van der Waals surface area contributed by atoms with Crippen molar-refractivity contribution in [2.24, 2.45) is 4.99 Å². The molecule has 0 rings (SSSR count). The molecule has 23 heavy (non-hydrogen) atoms. The minimum Gasteiger partial charge on any atom is -0.481 e. The lowest BCUT2D eigenvalue weighted by molar-refractivity contribution is -0.136. The number of nitrogens with zero attached hydrogens (tertiary/aromatic N) is 1. The minimum absolute atomic E-state index is 0.129. The van der Waals surface area contributed by atoms with Crippen molar-refractivity contribution in [3.05, 3.63) is 0 Å². The van der Waals surface area contributed by atoms with Gasteiger partial charge in [-0.15, -0.1) is 0 Å². The third-order valence-electron chi connectivity index (χ3n) is 1.83. The first-order chi connectivity index (χ1) is 10.3. The second-order valence-corrected chi connectivity index (χ2v) is 6.63. The Morgan fingerprint density at radius 2 is 1.30 bits per heavy atom. The molecule has 2 amide bonds. The van der Waals surface area contributed by atoms with E-state index in [4.69, 9.17) is 14.6 Å². The summed E-state index contributed by atoms with van der Waals surface area (Å²) in [6.45, 7) is 9.93. The van der Waals surface area contributed by atoms with Crippen molar-refractivity contribution in [3.8, 4) is 0 Å². The zero-order valence-corrected chi connectivity index (χ0v) is 14.3. The Balaban J connectivity index is 4.84. The van der Waals surface area contributed by atoms with Crippen LogP contribution >= 0.6 is 0 Å². The zero-order chi connectivity index (χ0) is 18.3. The normalized spacial score (nSPS) is 11.2. The Bertz CT molecular complexity index is 442. The highest BCUT2D eigenvalue weighted by Crippen LogP contribution is 2.07. The number of carboxylic acids is 1. The Morgan fingerprint density at radius 3 is 1.61 bits per heavy atom. The molecule has 0 aliphatic rings. The molecular formula is C14H25N3O6. The van der Waals surface area contributed by atoms with Crippen molar-refractivity contribution >= 4 is 24.1 Å². The summed E-state index contributed by atoms with van der Waals surface area (Å²) in [4.78, 5) is 37.7. The molecule has 0 aliphatic heterocycles. The van der Waals surface area contributed by atoms with E-state index in [1.54, 1.807) is 41.5 Å². The second-order valence-electron chi connectivity index (χ2n) is 6.63. The predicted molar refractivity (Wildman–Crippen MR) is 83.3 cm³/mol. The van der Waals surface area contributed by atoms with Crippen LogP contribution in [0.3, 0.4) is 0 Å². The fourth-order valence-corrected chi connectivity index (χ4v) is 1.17. The molecule has 0 aromatic carbocycles. The number of aliphatic imine (C=N–C) groups is 1. The summed E-state index contributed by atoms with van der Waals surface area (Å²) >= 11 is 0. The largest absolute Gasteiger partial charge is 0.481 e. The van der Waals surface area contributed by atoms with Crippen molar-refractivity contribution in [1.82, 2.24) is 10.6 Å². The van der Waals surface area contributed by atoms with E-state index in [9.17, 15) is 14.4 Å². The van der Waals surface area contributed by atoms with Crippen molar-refractivity contribution < 1.29 is 29.0 Å². The number of rotatable bonds is 3. The molecule has 0 heterocycles. The second kappa shape index (κ2) is 8.35. The van der Waals surface area contributed by atoms with Crippen LogP contribution in [0.1, 0.15) is 48.0 Å². The molecule has 9 nitrogen and oxygen atoms in total. The first-order valence-corrected chi connectivity index (χ1v) is 7.05. The van der Waals surface area contributed by atoms with Crippen LogP contribution < -0.4 is 10.6 Å². The standard InChI is InChI=1S/C14H25N3O6/c1-13(2,3)22-11(20)16-10(15-8-7-9(18)19)17-12(21)23-14(4,5)6/h7-8H2,1-6H3,(H,18,19)(H2,15,16,17,20,21). The van der Waals surface area contributed by atoms with Gasteiger partial charge in [0.2, 0.25) is 5.96 Å². The maximum Gasteiger partial charge on any atom is 0.414 e. The number of nitrogens with one attached hydrogen (secondary N) is 2. The number of hydrogen-bond donors (Lipinski definition) is 3. The summed E-state index contributed by atoms with van der Waals surface area (Å²) < 4.78 is 10.1. The molecule has 3 N–H and O–H groups in total. The van der Waals surface area contributed by atoms with E-state index in [2.05, 4.69) is 15.6 Å². The molecule has 0 aromatic heterocycles. The Hall–Kier alpha value is -2.32. The van der Waals surface area contributed by atoms with Gasteiger partial charge in [0.15, 0.2) is 0 Å². The van der Waals surface area contributed by atoms with Crippen LogP contribution in [0, 0.1) is 0 Å². The molecule has 132 valence electrons. The van der Waals surface area contributed by atoms with Gasteiger partial charge in [0.25, 0.3) is 0 Å². The molecule has 0 bridgehead atoms. The molecule has 9 heteroatoms.